The highest BCUT2D eigenvalue weighted by atomic mass is 16.5. The molecule has 3 rings (SSSR count). The van der Waals surface area contributed by atoms with Crippen molar-refractivity contribution in [2.45, 2.75) is 19.3 Å². The van der Waals surface area contributed by atoms with E-state index in [-0.39, 0.29) is 5.69 Å². The summed E-state index contributed by atoms with van der Waals surface area (Å²) in [5, 5.41) is 13.1. The first-order chi connectivity index (χ1) is 9.60. The van der Waals surface area contributed by atoms with Crippen LogP contribution in [-0.4, -0.2) is 28.0 Å². The molecule has 5 heteroatoms. The number of aryl methyl sites for hydroxylation is 3. The number of ether oxygens (including phenoxy) is 1. The minimum absolute atomic E-state index is 0.0463. The van der Waals surface area contributed by atoms with Crippen LogP contribution in [0.25, 0.3) is 11.3 Å². The summed E-state index contributed by atoms with van der Waals surface area (Å²) in [6.07, 6.45) is 3.31. The second kappa shape index (κ2) is 4.67. The zero-order valence-electron chi connectivity index (χ0n) is 11.5. The Balaban J connectivity index is 2.16. The molecular weight excluding hydrogens is 256 g/mol. The molecule has 0 unspecified atom stereocenters. The van der Waals surface area contributed by atoms with Gasteiger partial charge in [-0.1, -0.05) is 0 Å². The van der Waals surface area contributed by atoms with Crippen molar-refractivity contribution in [2.75, 3.05) is 7.11 Å². The van der Waals surface area contributed by atoms with Crippen LogP contribution in [0.4, 0.5) is 0 Å². The molecule has 1 aromatic heterocycles. The summed E-state index contributed by atoms with van der Waals surface area (Å²) >= 11 is 0. The van der Waals surface area contributed by atoms with Crippen molar-refractivity contribution < 1.29 is 14.6 Å². The minimum atomic E-state index is -1.02. The molecule has 0 amide bonds. The Morgan fingerprint density at radius 3 is 2.60 bits per heavy atom. The quantitative estimate of drug-likeness (QED) is 0.931. The van der Waals surface area contributed by atoms with Crippen LogP contribution in [0.15, 0.2) is 18.2 Å². The average Bonchev–Trinajstić information content (AvgIpc) is 3.02. The summed E-state index contributed by atoms with van der Waals surface area (Å²) in [6.45, 7) is 0. The third-order valence-electron chi connectivity index (χ3n) is 3.79. The van der Waals surface area contributed by atoms with E-state index in [4.69, 9.17) is 9.84 Å². The summed E-state index contributed by atoms with van der Waals surface area (Å²) in [7, 11) is 3.38. The molecule has 1 N–H and O–H groups in total. The Morgan fingerprint density at radius 1 is 1.30 bits per heavy atom. The molecule has 0 fully saturated rings. The number of methoxy groups -OCH3 is 1. The summed E-state index contributed by atoms with van der Waals surface area (Å²) < 4.78 is 7.05. The first-order valence-electron chi connectivity index (χ1n) is 6.57. The number of carboxylic acids is 1. The Kier molecular flexibility index (Phi) is 2.97. The summed E-state index contributed by atoms with van der Waals surface area (Å²) in [4.78, 5) is 11.0. The van der Waals surface area contributed by atoms with Crippen LogP contribution in [0, 0.1) is 0 Å². The standard InChI is InChI=1S/C15H16N2O3/c1-17-13(8-12(16-17)15(18)19)11-6-9-4-3-5-10(9)7-14(11)20-2/h6-8H,3-5H2,1-2H3,(H,18,19). The molecule has 104 valence electrons. The highest BCUT2D eigenvalue weighted by molar-refractivity contribution is 5.87. The van der Waals surface area contributed by atoms with Crippen LogP contribution in [0.2, 0.25) is 0 Å². The molecule has 0 aliphatic heterocycles. The fourth-order valence-electron chi connectivity index (χ4n) is 2.79. The van der Waals surface area contributed by atoms with Crippen molar-refractivity contribution in [3.05, 3.63) is 35.0 Å². The fourth-order valence-corrected chi connectivity index (χ4v) is 2.79. The third kappa shape index (κ3) is 1.95. The maximum absolute atomic E-state index is 11.0. The topological polar surface area (TPSA) is 64.3 Å². The molecule has 1 heterocycles. The normalized spacial score (nSPS) is 13.3. The van der Waals surface area contributed by atoms with E-state index in [1.807, 2.05) is 0 Å². The zero-order valence-corrected chi connectivity index (χ0v) is 11.5. The predicted octanol–water partition coefficient (Wildman–Crippen LogP) is 2.28. The molecule has 0 bridgehead atoms. The van der Waals surface area contributed by atoms with Crippen LogP contribution < -0.4 is 4.74 Å². The van der Waals surface area contributed by atoms with Crippen LogP contribution >= 0.6 is 0 Å². The van der Waals surface area contributed by atoms with E-state index in [0.29, 0.717) is 0 Å². The second-order valence-corrected chi connectivity index (χ2v) is 5.02. The predicted molar refractivity (Wildman–Crippen MR) is 74.2 cm³/mol. The fraction of sp³-hybridized carbons (Fsp3) is 0.333. The van der Waals surface area contributed by atoms with Crippen molar-refractivity contribution >= 4 is 5.97 Å². The van der Waals surface area contributed by atoms with Gasteiger partial charge in [-0.15, -0.1) is 0 Å². The summed E-state index contributed by atoms with van der Waals surface area (Å²) in [6, 6.07) is 5.75. The number of carbonyl (C=O) groups is 1. The number of nitrogens with zero attached hydrogens (tertiary/aromatic N) is 2. The van der Waals surface area contributed by atoms with Crippen molar-refractivity contribution in [1.82, 2.24) is 9.78 Å². The molecule has 20 heavy (non-hydrogen) atoms. The number of aromatic nitrogens is 2. The van der Waals surface area contributed by atoms with Crippen LogP contribution in [0.5, 0.6) is 5.75 Å². The molecule has 0 saturated heterocycles. The summed E-state index contributed by atoms with van der Waals surface area (Å²) in [5.74, 6) is -0.252. The maximum atomic E-state index is 11.0. The van der Waals surface area contributed by atoms with Gasteiger partial charge in [0, 0.05) is 12.6 Å². The highest BCUT2D eigenvalue weighted by Crippen LogP contribution is 2.36. The van der Waals surface area contributed by atoms with Crippen molar-refractivity contribution in [1.29, 1.82) is 0 Å². The number of fused-ring (bicyclic) bond motifs is 1. The van der Waals surface area contributed by atoms with Crippen molar-refractivity contribution in [3.8, 4) is 17.0 Å². The lowest BCUT2D eigenvalue weighted by atomic mass is 10.0. The van der Waals surface area contributed by atoms with E-state index >= 15 is 0 Å². The van der Waals surface area contributed by atoms with E-state index in [9.17, 15) is 4.79 Å². The van der Waals surface area contributed by atoms with Gasteiger partial charge < -0.3 is 9.84 Å². The Bertz CT molecular complexity index is 689. The molecule has 1 aliphatic carbocycles. The lowest BCUT2D eigenvalue weighted by Gasteiger charge is -2.11. The smallest absolute Gasteiger partial charge is 0.356 e. The van der Waals surface area contributed by atoms with E-state index in [2.05, 4.69) is 17.2 Å². The van der Waals surface area contributed by atoms with Crippen LogP contribution in [-0.2, 0) is 19.9 Å². The van der Waals surface area contributed by atoms with Gasteiger partial charge >= 0.3 is 5.97 Å². The number of benzene rings is 1. The minimum Gasteiger partial charge on any atom is -0.496 e. The van der Waals surface area contributed by atoms with Gasteiger partial charge in [-0.05, 0) is 48.6 Å². The van der Waals surface area contributed by atoms with Gasteiger partial charge in [-0.3, -0.25) is 4.68 Å². The number of hydrogen-bond acceptors (Lipinski definition) is 3. The zero-order chi connectivity index (χ0) is 14.3. The molecule has 1 aliphatic rings. The Morgan fingerprint density at radius 2 is 2.00 bits per heavy atom. The number of aromatic carboxylic acids is 1. The molecule has 0 spiro atoms. The number of carboxylic acid groups (broad SMARTS) is 1. The van der Waals surface area contributed by atoms with Gasteiger partial charge in [0.2, 0.25) is 0 Å². The van der Waals surface area contributed by atoms with E-state index in [1.165, 1.54) is 11.1 Å². The van der Waals surface area contributed by atoms with Crippen LogP contribution in [0.3, 0.4) is 0 Å². The number of hydrogen-bond donors (Lipinski definition) is 1. The lowest BCUT2D eigenvalue weighted by Crippen LogP contribution is -2.00. The van der Waals surface area contributed by atoms with Crippen molar-refractivity contribution in [3.63, 3.8) is 0 Å². The van der Waals surface area contributed by atoms with E-state index < -0.39 is 5.97 Å². The van der Waals surface area contributed by atoms with E-state index in [1.54, 1.807) is 24.9 Å². The monoisotopic (exact) mass is 272 g/mol. The SMILES string of the molecule is COc1cc2c(cc1-c1cc(C(=O)O)nn1C)CCC2. The van der Waals surface area contributed by atoms with Gasteiger partial charge in [-0.2, -0.15) is 5.10 Å². The molecule has 0 saturated carbocycles. The molecule has 1 aromatic carbocycles. The maximum Gasteiger partial charge on any atom is 0.356 e. The van der Waals surface area contributed by atoms with E-state index in [0.717, 1.165) is 36.3 Å². The third-order valence-corrected chi connectivity index (χ3v) is 3.79. The largest absolute Gasteiger partial charge is 0.496 e. The summed E-state index contributed by atoms with van der Waals surface area (Å²) in [5.41, 5.74) is 4.35. The highest BCUT2D eigenvalue weighted by Gasteiger charge is 2.20. The van der Waals surface area contributed by atoms with Crippen molar-refractivity contribution in [2.24, 2.45) is 7.05 Å². The van der Waals surface area contributed by atoms with Gasteiger partial charge in [0.1, 0.15) is 5.75 Å². The number of rotatable bonds is 3. The first-order valence-corrected chi connectivity index (χ1v) is 6.57. The second-order valence-electron chi connectivity index (χ2n) is 5.02. The molecule has 0 radical (unpaired) electrons. The lowest BCUT2D eigenvalue weighted by molar-refractivity contribution is 0.0689. The Hall–Kier alpha value is -2.30. The molecule has 5 nitrogen and oxygen atoms in total. The van der Waals surface area contributed by atoms with Crippen LogP contribution in [0.1, 0.15) is 28.0 Å². The molecule has 0 atom stereocenters. The first kappa shape index (κ1) is 12.7. The average molecular weight is 272 g/mol. The van der Waals surface area contributed by atoms with Gasteiger partial charge in [-0.25, -0.2) is 4.79 Å². The van der Waals surface area contributed by atoms with Gasteiger partial charge in [0.15, 0.2) is 5.69 Å². The molecular formula is C15H16N2O3. The van der Waals surface area contributed by atoms with Gasteiger partial charge in [0.25, 0.3) is 0 Å². The van der Waals surface area contributed by atoms with Gasteiger partial charge in [0.05, 0.1) is 12.8 Å². The Labute approximate surface area is 116 Å². The molecule has 2 aromatic rings.